The summed E-state index contributed by atoms with van der Waals surface area (Å²) in [5.74, 6) is -1.35. The summed E-state index contributed by atoms with van der Waals surface area (Å²) in [4.78, 5) is 22.6. The lowest BCUT2D eigenvalue weighted by molar-refractivity contribution is -0.139. The van der Waals surface area contributed by atoms with E-state index in [-0.39, 0.29) is 5.91 Å². The van der Waals surface area contributed by atoms with Gasteiger partial charge in [0.15, 0.2) is 0 Å². The van der Waals surface area contributed by atoms with Gasteiger partial charge in [-0.25, -0.2) is 4.79 Å². The molecule has 0 saturated carbocycles. The van der Waals surface area contributed by atoms with Crippen molar-refractivity contribution in [2.75, 3.05) is 0 Å². The van der Waals surface area contributed by atoms with Crippen LogP contribution in [-0.2, 0) is 4.79 Å². The first-order chi connectivity index (χ1) is 7.95. The lowest BCUT2D eigenvalue weighted by Gasteiger charge is -2.12. The lowest BCUT2D eigenvalue weighted by atomic mass is 10.1. The van der Waals surface area contributed by atoms with Crippen LogP contribution >= 0.6 is 0 Å². The summed E-state index contributed by atoms with van der Waals surface area (Å²) >= 11 is 0. The van der Waals surface area contributed by atoms with Gasteiger partial charge in [-0.05, 0) is 43.5 Å². The number of rotatable bonds is 4. The summed E-state index contributed by atoms with van der Waals surface area (Å²) in [5, 5.41) is 11.3. The van der Waals surface area contributed by atoms with Gasteiger partial charge in [0.05, 0.1) is 0 Å². The van der Waals surface area contributed by atoms with E-state index in [1.807, 2.05) is 19.9 Å². The van der Waals surface area contributed by atoms with Crippen molar-refractivity contribution in [3.05, 3.63) is 34.9 Å². The van der Waals surface area contributed by atoms with Gasteiger partial charge in [-0.2, -0.15) is 0 Å². The second kappa shape index (κ2) is 5.48. The molecule has 0 aliphatic carbocycles. The standard InChI is InChI=1S/C13H17NO3/c1-4-11(13(16)17)14-12(15)10-6-5-8(2)9(3)7-10/h5-7,11H,4H2,1-3H3,(H,14,15)(H,16,17)/t11-/m1/s1. The number of carboxylic acid groups (broad SMARTS) is 1. The highest BCUT2D eigenvalue weighted by Crippen LogP contribution is 2.10. The summed E-state index contributed by atoms with van der Waals surface area (Å²) in [6, 6.07) is 4.49. The molecular weight excluding hydrogens is 218 g/mol. The molecular formula is C13H17NO3. The maximum Gasteiger partial charge on any atom is 0.326 e. The molecule has 0 fully saturated rings. The van der Waals surface area contributed by atoms with Gasteiger partial charge in [0, 0.05) is 5.56 Å². The van der Waals surface area contributed by atoms with Crippen molar-refractivity contribution in [2.24, 2.45) is 0 Å². The SMILES string of the molecule is CC[C@@H](NC(=O)c1ccc(C)c(C)c1)C(=O)O. The summed E-state index contributed by atoms with van der Waals surface area (Å²) in [7, 11) is 0. The molecule has 17 heavy (non-hydrogen) atoms. The monoisotopic (exact) mass is 235 g/mol. The van der Waals surface area contributed by atoms with Crippen molar-refractivity contribution in [1.82, 2.24) is 5.32 Å². The van der Waals surface area contributed by atoms with Crippen LogP contribution < -0.4 is 5.32 Å². The van der Waals surface area contributed by atoms with Gasteiger partial charge < -0.3 is 10.4 Å². The van der Waals surface area contributed by atoms with Gasteiger partial charge in [-0.1, -0.05) is 13.0 Å². The molecule has 0 radical (unpaired) electrons. The number of aliphatic carboxylic acids is 1. The number of hydrogen-bond acceptors (Lipinski definition) is 2. The molecule has 0 unspecified atom stereocenters. The molecule has 2 N–H and O–H groups in total. The first-order valence-electron chi connectivity index (χ1n) is 5.56. The molecule has 0 bridgehead atoms. The first kappa shape index (κ1) is 13.2. The fraction of sp³-hybridized carbons (Fsp3) is 0.385. The van der Waals surface area contributed by atoms with Crippen molar-refractivity contribution in [1.29, 1.82) is 0 Å². The Bertz CT molecular complexity index is 440. The minimum Gasteiger partial charge on any atom is -0.480 e. The van der Waals surface area contributed by atoms with Gasteiger partial charge in [0.25, 0.3) is 5.91 Å². The van der Waals surface area contributed by atoms with Crippen LogP contribution in [0, 0.1) is 13.8 Å². The van der Waals surface area contributed by atoms with Gasteiger partial charge in [-0.15, -0.1) is 0 Å². The van der Waals surface area contributed by atoms with Crippen molar-refractivity contribution in [2.45, 2.75) is 33.2 Å². The maximum absolute atomic E-state index is 11.8. The molecule has 0 spiro atoms. The molecule has 0 aromatic heterocycles. The third-order valence-corrected chi connectivity index (χ3v) is 2.78. The van der Waals surface area contributed by atoms with Crippen LogP contribution in [0.25, 0.3) is 0 Å². The van der Waals surface area contributed by atoms with Crippen LogP contribution in [0.5, 0.6) is 0 Å². The number of carbonyl (C=O) groups excluding carboxylic acids is 1. The first-order valence-corrected chi connectivity index (χ1v) is 5.56. The topological polar surface area (TPSA) is 66.4 Å². The fourth-order valence-electron chi connectivity index (χ4n) is 1.46. The van der Waals surface area contributed by atoms with Crippen LogP contribution in [0.4, 0.5) is 0 Å². The second-order valence-electron chi connectivity index (χ2n) is 4.07. The van der Waals surface area contributed by atoms with Gasteiger partial charge in [0.1, 0.15) is 6.04 Å². The van der Waals surface area contributed by atoms with Crippen molar-refractivity contribution >= 4 is 11.9 Å². The molecule has 0 heterocycles. The number of nitrogens with one attached hydrogen (secondary N) is 1. The number of carboxylic acids is 1. The summed E-state index contributed by atoms with van der Waals surface area (Å²) < 4.78 is 0. The summed E-state index contributed by atoms with van der Waals surface area (Å²) in [5.41, 5.74) is 2.61. The van der Waals surface area contributed by atoms with E-state index >= 15 is 0 Å². The molecule has 1 rings (SSSR count). The van der Waals surface area contributed by atoms with E-state index in [1.165, 1.54) is 0 Å². The smallest absolute Gasteiger partial charge is 0.326 e. The molecule has 0 aliphatic heterocycles. The average Bonchev–Trinajstić information content (AvgIpc) is 2.28. The van der Waals surface area contributed by atoms with E-state index in [0.717, 1.165) is 11.1 Å². The Balaban J connectivity index is 2.82. The molecule has 92 valence electrons. The Morgan fingerprint density at radius 2 is 1.94 bits per heavy atom. The van der Waals surface area contributed by atoms with Crippen molar-refractivity contribution in [3.63, 3.8) is 0 Å². The van der Waals surface area contributed by atoms with E-state index in [1.54, 1.807) is 19.1 Å². The van der Waals surface area contributed by atoms with Crippen LogP contribution in [0.2, 0.25) is 0 Å². The normalized spacial score (nSPS) is 11.9. The highest BCUT2D eigenvalue weighted by molar-refractivity contribution is 5.96. The Labute approximate surface area is 101 Å². The Hall–Kier alpha value is -1.84. The zero-order valence-electron chi connectivity index (χ0n) is 10.3. The minimum absolute atomic E-state index is 0.345. The number of aryl methyl sites for hydroxylation is 2. The zero-order valence-corrected chi connectivity index (χ0v) is 10.3. The maximum atomic E-state index is 11.8. The van der Waals surface area contributed by atoms with E-state index in [2.05, 4.69) is 5.32 Å². The fourth-order valence-corrected chi connectivity index (χ4v) is 1.46. The predicted molar refractivity (Wildman–Crippen MR) is 65.1 cm³/mol. The van der Waals surface area contributed by atoms with Crippen molar-refractivity contribution < 1.29 is 14.7 Å². The van der Waals surface area contributed by atoms with Crippen LogP contribution in [-0.4, -0.2) is 23.0 Å². The van der Waals surface area contributed by atoms with Crippen LogP contribution in [0.15, 0.2) is 18.2 Å². The Kier molecular flexibility index (Phi) is 4.26. The average molecular weight is 235 g/mol. The van der Waals surface area contributed by atoms with E-state index < -0.39 is 12.0 Å². The third kappa shape index (κ3) is 3.31. The molecule has 0 aliphatic rings. The largest absolute Gasteiger partial charge is 0.480 e. The van der Waals surface area contributed by atoms with Gasteiger partial charge >= 0.3 is 5.97 Å². The number of benzene rings is 1. The predicted octanol–water partition coefficient (Wildman–Crippen LogP) is 1.90. The van der Waals surface area contributed by atoms with Crippen LogP contribution in [0.3, 0.4) is 0 Å². The van der Waals surface area contributed by atoms with Crippen molar-refractivity contribution in [3.8, 4) is 0 Å². The van der Waals surface area contributed by atoms with Gasteiger partial charge in [-0.3, -0.25) is 4.79 Å². The molecule has 1 atom stereocenters. The Morgan fingerprint density at radius 3 is 2.41 bits per heavy atom. The minimum atomic E-state index is -1.01. The van der Waals surface area contributed by atoms with E-state index in [0.29, 0.717) is 12.0 Å². The molecule has 1 aromatic carbocycles. The number of carbonyl (C=O) groups is 2. The zero-order chi connectivity index (χ0) is 13.0. The van der Waals surface area contributed by atoms with Gasteiger partial charge in [0.2, 0.25) is 0 Å². The molecule has 0 saturated heterocycles. The number of amides is 1. The molecule has 1 amide bonds. The molecule has 1 aromatic rings. The summed E-state index contributed by atoms with van der Waals surface area (Å²) in [6.07, 6.45) is 0.367. The third-order valence-electron chi connectivity index (χ3n) is 2.78. The lowest BCUT2D eigenvalue weighted by Crippen LogP contribution is -2.40. The van der Waals surface area contributed by atoms with Crippen LogP contribution in [0.1, 0.15) is 34.8 Å². The quantitative estimate of drug-likeness (QED) is 0.837. The molecule has 4 nitrogen and oxygen atoms in total. The summed E-state index contributed by atoms with van der Waals surface area (Å²) in [6.45, 7) is 5.60. The highest BCUT2D eigenvalue weighted by Gasteiger charge is 2.18. The Morgan fingerprint density at radius 1 is 1.29 bits per heavy atom. The number of hydrogen-bond donors (Lipinski definition) is 2. The van der Waals surface area contributed by atoms with E-state index in [4.69, 9.17) is 5.11 Å². The second-order valence-corrected chi connectivity index (χ2v) is 4.07. The highest BCUT2D eigenvalue weighted by atomic mass is 16.4. The molecule has 4 heteroatoms. The van der Waals surface area contributed by atoms with E-state index in [9.17, 15) is 9.59 Å².